The number of anilines is 1. The molecule has 0 bridgehead atoms. The quantitative estimate of drug-likeness (QED) is 0.792. The number of carbonyl (C=O) groups excluding carboxylic acids is 1. The number of aromatic nitrogens is 3. The highest BCUT2D eigenvalue weighted by Crippen LogP contribution is 2.12. The van der Waals surface area contributed by atoms with Gasteiger partial charge in [0, 0.05) is 31.3 Å². The summed E-state index contributed by atoms with van der Waals surface area (Å²) in [5.74, 6) is -0.102. The third-order valence-corrected chi connectivity index (χ3v) is 2.10. The Labute approximate surface area is 86.8 Å². The Bertz CT molecular complexity index is 438. The first kappa shape index (κ1) is 9.39. The summed E-state index contributed by atoms with van der Waals surface area (Å²) < 4.78 is 0. The van der Waals surface area contributed by atoms with Gasteiger partial charge in [-0.15, -0.1) is 0 Å². The number of H-pyrrole nitrogens is 1. The molecule has 0 radical (unpaired) electrons. The van der Waals surface area contributed by atoms with Gasteiger partial charge in [0.05, 0.1) is 11.8 Å². The van der Waals surface area contributed by atoms with Crippen LogP contribution >= 0.6 is 0 Å². The van der Waals surface area contributed by atoms with Gasteiger partial charge in [0.15, 0.2) is 0 Å². The van der Waals surface area contributed by atoms with Gasteiger partial charge in [-0.05, 0) is 12.1 Å². The van der Waals surface area contributed by atoms with Crippen molar-refractivity contribution in [3.8, 4) is 0 Å². The molecule has 2 aromatic heterocycles. The van der Waals surface area contributed by atoms with E-state index in [4.69, 9.17) is 0 Å². The number of nitrogens with zero attached hydrogens (tertiary/aromatic N) is 3. The van der Waals surface area contributed by atoms with E-state index in [9.17, 15) is 4.79 Å². The maximum absolute atomic E-state index is 11.9. The summed E-state index contributed by atoms with van der Waals surface area (Å²) in [6.45, 7) is 0. The fraction of sp³-hybridized carbons (Fsp3) is 0.100. The van der Waals surface area contributed by atoms with Gasteiger partial charge in [0.1, 0.15) is 0 Å². The number of rotatable bonds is 2. The van der Waals surface area contributed by atoms with Crippen molar-refractivity contribution in [1.82, 2.24) is 15.2 Å². The molecule has 0 saturated heterocycles. The topological polar surface area (TPSA) is 61.9 Å². The summed E-state index contributed by atoms with van der Waals surface area (Å²) in [5.41, 5.74) is 1.34. The van der Waals surface area contributed by atoms with E-state index in [1.807, 2.05) is 0 Å². The van der Waals surface area contributed by atoms with Crippen LogP contribution in [0.15, 0.2) is 36.9 Å². The number of hydrogen-bond acceptors (Lipinski definition) is 3. The van der Waals surface area contributed by atoms with Crippen LogP contribution in [0.4, 0.5) is 5.69 Å². The van der Waals surface area contributed by atoms with Gasteiger partial charge >= 0.3 is 0 Å². The summed E-state index contributed by atoms with van der Waals surface area (Å²) >= 11 is 0. The molecule has 5 nitrogen and oxygen atoms in total. The first-order chi connectivity index (χ1) is 7.29. The zero-order valence-electron chi connectivity index (χ0n) is 8.21. The van der Waals surface area contributed by atoms with E-state index in [1.54, 1.807) is 42.7 Å². The van der Waals surface area contributed by atoms with Crippen LogP contribution in [0.25, 0.3) is 0 Å². The summed E-state index contributed by atoms with van der Waals surface area (Å²) in [4.78, 5) is 17.3. The van der Waals surface area contributed by atoms with Crippen LogP contribution in [0.2, 0.25) is 0 Å². The molecule has 0 unspecified atom stereocenters. The van der Waals surface area contributed by atoms with E-state index in [1.165, 1.54) is 6.20 Å². The van der Waals surface area contributed by atoms with Gasteiger partial charge in [0.25, 0.3) is 5.91 Å². The second-order valence-corrected chi connectivity index (χ2v) is 3.06. The first-order valence-electron chi connectivity index (χ1n) is 4.46. The first-order valence-corrected chi connectivity index (χ1v) is 4.46. The molecular formula is C10H10N4O. The summed E-state index contributed by atoms with van der Waals surface area (Å²) in [5, 5.41) is 6.34. The maximum Gasteiger partial charge on any atom is 0.261 e. The van der Waals surface area contributed by atoms with E-state index >= 15 is 0 Å². The SMILES string of the molecule is CN(C(=O)c1cn[nH]c1)c1ccncc1. The molecule has 0 aromatic carbocycles. The molecule has 0 atom stereocenters. The summed E-state index contributed by atoms with van der Waals surface area (Å²) in [6.07, 6.45) is 6.36. The van der Waals surface area contributed by atoms with Crippen LogP contribution in [0.3, 0.4) is 0 Å². The van der Waals surface area contributed by atoms with E-state index in [0.717, 1.165) is 5.69 Å². The molecule has 2 rings (SSSR count). The lowest BCUT2D eigenvalue weighted by molar-refractivity contribution is 0.0993. The molecule has 0 aliphatic carbocycles. The molecular weight excluding hydrogens is 192 g/mol. The number of nitrogens with one attached hydrogen (secondary N) is 1. The molecule has 0 aliphatic heterocycles. The van der Waals surface area contributed by atoms with Crippen LogP contribution in [0.5, 0.6) is 0 Å². The Hall–Kier alpha value is -2.17. The fourth-order valence-electron chi connectivity index (χ4n) is 1.25. The van der Waals surface area contributed by atoms with Crippen LogP contribution < -0.4 is 4.90 Å². The van der Waals surface area contributed by atoms with Crippen molar-refractivity contribution >= 4 is 11.6 Å². The molecule has 2 heterocycles. The molecule has 0 spiro atoms. The highest BCUT2D eigenvalue weighted by molar-refractivity contribution is 6.05. The normalized spacial score (nSPS) is 9.93. The third kappa shape index (κ3) is 1.85. The van der Waals surface area contributed by atoms with Crippen molar-refractivity contribution < 1.29 is 4.79 Å². The van der Waals surface area contributed by atoms with Gasteiger partial charge in [-0.3, -0.25) is 14.9 Å². The number of aromatic amines is 1. The number of pyridine rings is 1. The van der Waals surface area contributed by atoms with E-state index in [0.29, 0.717) is 5.56 Å². The minimum absolute atomic E-state index is 0.102. The predicted octanol–water partition coefficient (Wildman–Crippen LogP) is 1.08. The van der Waals surface area contributed by atoms with Crippen molar-refractivity contribution in [3.05, 3.63) is 42.5 Å². The van der Waals surface area contributed by atoms with E-state index < -0.39 is 0 Å². The highest BCUT2D eigenvalue weighted by atomic mass is 16.2. The molecule has 5 heteroatoms. The second-order valence-electron chi connectivity index (χ2n) is 3.06. The second kappa shape index (κ2) is 3.91. The third-order valence-electron chi connectivity index (χ3n) is 2.10. The number of amides is 1. The molecule has 15 heavy (non-hydrogen) atoms. The highest BCUT2D eigenvalue weighted by Gasteiger charge is 2.13. The van der Waals surface area contributed by atoms with Crippen LogP contribution in [0.1, 0.15) is 10.4 Å². The molecule has 0 aliphatic rings. The van der Waals surface area contributed by atoms with Gasteiger partial charge in [-0.1, -0.05) is 0 Å². The van der Waals surface area contributed by atoms with Crippen molar-refractivity contribution in [1.29, 1.82) is 0 Å². The standard InChI is InChI=1S/C10H10N4O/c1-14(9-2-4-11-5-3-9)10(15)8-6-12-13-7-8/h2-7H,1H3,(H,12,13). The maximum atomic E-state index is 11.9. The van der Waals surface area contributed by atoms with Crippen molar-refractivity contribution in [2.45, 2.75) is 0 Å². The van der Waals surface area contributed by atoms with Gasteiger partial charge < -0.3 is 4.90 Å². The van der Waals surface area contributed by atoms with E-state index in [-0.39, 0.29) is 5.91 Å². The van der Waals surface area contributed by atoms with Crippen molar-refractivity contribution in [2.24, 2.45) is 0 Å². The van der Waals surface area contributed by atoms with Gasteiger partial charge in [-0.2, -0.15) is 5.10 Å². The predicted molar refractivity (Wildman–Crippen MR) is 55.6 cm³/mol. The lowest BCUT2D eigenvalue weighted by Gasteiger charge is -2.15. The molecule has 2 aromatic rings. The Morgan fingerprint density at radius 2 is 2.13 bits per heavy atom. The summed E-state index contributed by atoms with van der Waals surface area (Å²) in [7, 11) is 1.71. The lowest BCUT2D eigenvalue weighted by Crippen LogP contribution is -2.25. The molecule has 1 amide bonds. The van der Waals surface area contributed by atoms with Gasteiger partial charge in [-0.25, -0.2) is 0 Å². The zero-order chi connectivity index (χ0) is 10.7. The zero-order valence-corrected chi connectivity index (χ0v) is 8.21. The Kier molecular flexibility index (Phi) is 2.45. The molecule has 76 valence electrons. The lowest BCUT2D eigenvalue weighted by atomic mass is 10.3. The Morgan fingerprint density at radius 3 is 2.73 bits per heavy atom. The average Bonchev–Trinajstić information content (AvgIpc) is 2.82. The Morgan fingerprint density at radius 1 is 1.40 bits per heavy atom. The van der Waals surface area contributed by atoms with Crippen LogP contribution in [-0.2, 0) is 0 Å². The molecule has 0 saturated carbocycles. The Balaban J connectivity index is 2.23. The van der Waals surface area contributed by atoms with Gasteiger partial charge in [0.2, 0.25) is 0 Å². The number of carbonyl (C=O) groups is 1. The van der Waals surface area contributed by atoms with E-state index in [2.05, 4.69) is 15.2 Å². The summed E-state index contributed by atoms with van der Waals surface area (Å²) in [6, 6.07) is 3.55. The molecule has 0 fully saturated rings. The van der Waals surface area contributed by atoms with Crippen LogP contribution in [-0.4, -0.2) is 28.1 Å². The van der Waals surface area contributed by atoms with Crippen LogP contribution in [0, 0.1) is 0 Å². The van der Waals surface area contributed by atoms with Crippen molar-refractivity contribution in [2.75, 3.05) is 11.9 Å². The smallest absolute Gasteiger partial charge is 0.261 e. The fourth-order valence-corrected chi connectivity index (χ4v) is 1.25. The average molecular weight is 202 g/mol. The minimum Gasteiger partial charge on any atom is -0.311 e. The largest absolute Gasteiger partial charge is 0.311 e. The van der Waals surface area contributed by atoms with Crippen molar-refractivity contribution in [3.63, 3.8) is 0 Å². The number of hydrogen-bond donors (Lipinski definition) is 1. The molecule has 1 N–H and O–H groups in total. The minimum atomic E-state index is -0.102. The monoisotopic (exact) mass is 202 g/mol.